The number of carbonyl (C=O) groups excluding carboxylic acids is 1. The molecule has 0 aromatic heterocycles. The third-order valence-corrected chi connectivity index (χ3v) is 7.65. The Morgan fingerprint density at radius 2 is 1.78 bits per heavy atom. The fourth-order valence-electron chi connectivity index (χ4n) is 4.03. The van der Waals surface area contributed by atoms with E-state index in [1.165, 1.54) is 29.0 Å². The summed E-state index contributed by atoms with van der Waals surface area (Å²) in [5, 5.41) is 3.08. The molecule has 1 aliphatic carbocycles. The summed E-state index contributed by atoms with van der Waals surface area (Å²) in [4.78, 5) is 13.0. The van der Waals surface area contributed by atoms with Gasteiger partial charge in [-0.15, -0.1) is 0 Å². The van der Waals surface area contributed by atoms with Crippen molar-refractivity contribution < 1.29 is 17.9 Å². The number of nitrogens with one attached hydrogen (secondary N) is 1. The number of carbonyl (C=O) groups is 1. The monoisotopic (exact) mass is 450 g/mol. The maximum atomic E-state index is 13.2. The molecule has 0 saturated carbocycles. The van der Waals surface area contributed by atoms with Gasteiger partial charge in [-0.25, -0.2) is 8.42 Å². The van der Waals surface area contributed by atoms with Gasteiger partial charge in [-0.05, 0) is 72.9 Å². The number of aryl methyl sites for hydroxylation is 1. The van der Waals surface area contributed by atoms with E-state index in [1.807, 2.05) is 18.2 Å². The molecule has 6 nitrogen and oxygen atoms in total. The predicted octanol–water partition coefficient (Wildman–Crippen LogP) is 4.33. The molecule has 0 aliphatic heterocycles. The van der Waals surface area contributed by atoms with Crippen LogP contribution >= 0.6 is 0 Å². The summed E-state index contributed by atoms with van der Waals surface area (Å²) in [5.74, 6) is 0.360. The Morgan fingerprint density at radius 3 is 2.53 bits per heavy atom. The van der Waals surface area contributed by atoms with Gasteiger partial charge >= 0.3 is 0 Å². The molecule has 0 fully saturated rings. The van der Waals surface area contributed by atoms with Crippen molar-refractivity contribution >= 4 is 21.6 Å². The first-order chi connectivity index (χ1) is 15.4. The molecule has 1 atom stereocenters. The van der Waals surface area contributed by atoms with Crippen LogP contribution in [0.3, 0.4) is 0 Å². The highest BCUT2D eigenvalue weighted by Gasteiger charge is 2.25. The predicted molar refractivity (Wildman–Crippen MR) is 125 cm³/mol. The highest BCUT2D eigenvalue weighted by atomic mass is 32.2. The SMILES string of the molecule is COc1ccc(N(C)S(=O)(=O)c2cccc(C(=O)N[C@@H]3CCCc4ccccc43)c2)cc1. The van der Waals surface area contributed by atoms with E-state index in [4.69, 9.17) is 4.74 Å². The Labute approximate surface area is 188 Å². The molecule has 32 heavy (non-hydrogen) atoms. The van der Waals surface area contributed by atoms with Crippen molar-refractivity contribution in [1.29, 1.82) is 0 Å². The molecule has 7 heteroatoms. The first-order valence-corrected chi connectivity index (χ1v) is 12.0. The van der Waals surface area contributed by atoms with Crippen molar-refractivity contribution in [3.63, 3.8) is 0 Å². The molecule has 0 saturated heterocycles. The number of fused-ring (bicyclic) bond motifs is 1. The van der Waals surface area contributed by atoms with E-state index in [2.05, 4.69) is 11.4 Å². The molecule has 1 N–H and O–H groups in total. The summed E-state index contributed by atoms with van der Waals surface area (Å²) >= 11 is 0. The summed E-state index contributed by atoms with van der Waals surface area (Å²) in [7, 11) is -0.794. The van der Waals surface area contributed by atoms with Gasteiger partial charge in [-0.3, -0.25) is 9.10 Å². The molecular weight excluding hydrogens is 424 g/mol. The lowest BCUT2D eigenvalue weighted by Gasteiger charge is -2.26. The summed E-state index contributed by atoms with van der Waals surface area (Å²) in [6, 6.07) is 21.0. The van der Waals surface area contributed by atoms with Crippen molar-refractivity contribution in [1.82, 2.24) is 5.32 Å². The molecule has 3 aromatic carbocycles. The van der Waals surface area contributed by atoms with Crippen LogP contribution in [0.5, 0.6) is 5.75 Å². The van der Waals surface area contributed by atoms with E-state index in [0.717, 1.165) is 24.8 Å². The van der Waals surface area contributed by atoms with E-state index in [0.29, 0.717) is 17.0 Å². The van der Waals surface area contributed by atoms with Gasteiger partial charge in [0.1, 0.15) is 5.75 Å². The third-order valence-electron chi connectivity index (χ3n) is 5.87. The number of amides is 1. The van der Waals surface area contributed by atoms with Gasteiger partial charge < -0.3 is 10.1 Å². The number of hydrogen-bond acceptors (Lipinski definition) is 4. The number of ether oxygens (including phenoxy) is 1. The summed E-state index contributed by atoms with van der Waals surface area (Å²) in [6.07, 6.45) is 2.87. The molecule has 0 unspecified atom stereocenters. The second-order valence-electron chi connectivity index (χ2n) is 7.82. The van der Waals surface area contributed by atoms with Crippen molar-refractivity contribution in [3.8, 4) is 5.75 Å². The standard InChI is InChI=1S/C25H26N2O4S/c1-27(20-13-15-21(31-2)16-14-20)32(29,30)22-10-5-9-19(17-22)25(28)26-24-12-6-8-18-7-3-4-11-23(18)24/h3-5,7,9-11,13-17,24H,6,8,12H2,1-2H3,(H,26,28)/t24-/m1/s1. The fraction of sp³-hybridized carbons (Fsp3) is 0.240. The van der Waals surface area contributed by atoms with Gasteiger partial charge in [-0.2, -0.15) is 0 Å². The first-order valence-electron chi connectivity index (χ1n) is 10.5. The molecule has 0 spiro atoms. The number of benzene rings is 3. The molecule has 0 heterocycles. The van der Waals surface area contributed by atoms with E-state index in [-0.39, 0.29) is 16.8 Å². The average Bonchev–Trinajstić information content (AvgIpc) is 2.84. The summed E-state index contributed by atoms with van der Waals surface area (Å²) in [5.41, 5.74) is 3.20. The molecule has 166 valence electrons. The maximum Gasteiger partial charge on any atom is 0.264 e. The topological polar surface area (TPSA) is 75.7 Å². The molecular formula is C25H26N2O4S. The number of nitrogens with zero attached hydrogens (tertiary/aromatic N) is 1. The fourth-order valence-corrected chi connectivity index (χ4v) is 5.27. The van der Waals surface area contributed by atoms with Crippen LogP contribution in [0.1, 0.15) is 40.4 Å². The first kappa shape index (κ1) is 21.9. The number of methoxy groups -OCH3 is 1. The smallest absolute Gasteiger partial charge is 0.264 e. The quantitative estimate of drug-likeness (QED) is 0.607. The largest absolute Gasteiger partial charge is 0.497 e. The zero-order chi connectivity index (χ0) is 22.7. The lowest BCUT2D eigenvalue weighted by Crippen LogP contribution is -2.31. The van der Waals surface area contributed by atoms with Crippen LogP contribution in [0, 0.1) is 0 Å². The summed E-state index contributed by atoms with van der Waals surface area (Å²) in [6.45, 7) is 0. The molecule has 0 bridgehead atoms. The van der Waals surface area contributed by atoms with Crippen molar-refractivity contribution in [2.45, 2.75) is 30.2 Å². The summed E-state index contributed by atoms with van der Waals surface area (Å²) < 4.78 is 32.7. The lowest BCUT2D eigenvalue weighted by atomic mass is 9.87. The minimum Gasteiger partial charge on any atom is -0.497 e. The highest BCUT2D eigenvalue weighted by molar-refractivity contribution is 7.92. The Kier molecular flexibility index (Phi) is 6.19. The second-order valence-corrected chi connectivity index (χ2v) is 9.78. The molecule has 1 aliphatic rings. The lowest BCUT2D eigenvalue weighted by molar-refractivity contribution is 0.0932. The van der Waals surface area contributed by atoms with Crippen LogP contribution in [-0.4, -0.2) is 28.5 Å². The van der Waals surface area contributed by atoms with Crippen LogP contribution in [-0.2, 0) is 16.4 Å². The van der Waals surface area contributed by atoms with Crippen LogP contribution in [0.2, 0.25) is 0 Å². The van der Waals surface area contributed by atoms with E-state index < -0.39 is 10.0 Å². The zero-order valence-electron chi connectivity index (χ0n) is 18.1. The second kappa shape index (κ2) is 9.04. The minimum atomic E-state index is -3.84. The highest BCUT2D eigenvalue weighted by Crippen LogP contribution is 2.30. The molecule has 3 aromatic rings. The van der Waals surface area contributed by atoms with Gasteiger partial charge in [0.05, 0.1) is 23.7 Å². The zero-order valence-corrected chi connectivity index (χ0v) is 18.9. The average molecular weight is 451 g/mol. The van der Waals surface area contributed by atoms with Crippen molar-refractivity contribution in [2.75, 3.05) is 18.5 Å². The van der Waals surface area contributed by atoms with Crippen molar-refractivity contribution in [3.05, 3.63) is 89.5 Å². The van der Waals surface area contributed by atoms with Gasteiger partial charge in [0.25, 0.3) is 15.9 Å². The number of rotatable bonds is 6. The van der Waals surface area contributed by atoms with Crippen LogP contribution in [0.4, 0.5) is 5.69 Å². The Balaban J connectivity index is 1.55. The Hall–Kier alpha value is -3.32. The van der Waals surface area contributed by atoms with E-state index in [1.54, 1.807) is 43.5 Å². The van der Waals surface area contributed by atoms with Crippen LogP contribution in [0.15, 0.2) is 77.7 Å². The van der Waals surface area contributed by atoms with Gasteiger partial charge in [0, 0.05) is 12.6 Å². The maximum absolute atomic E-state index is 13.2. The Bertz CT molecular complexity index is 1220. The van der Waals surface area contributed by atoms with Gasteiger partial charge in [-0.1, -0.05) is 30.3 Å². The normalized spacial score (nSPS) is 15.5. The van der Waals surface area contributed by atoms with E-state index in [9.17, 15) is 13.2 Å². The van der Waals surface area contributed by atoms with Crippen LogP contribution in [0.25, 0.3) is 0 Å². The van der Waals surface area contributed by atoms with E-state index >= 15 is 0 Å². The molecule has 0 radical (unpaired) electrons. The molecule has 1 amide bonds. The van der Waals surface area contributed by atoms with Gasteiger partial charge in [0.2, 0.25) is 0 Å². The number of hydrogen-bond donors (Lipinski definition) is 1. The minimum absolute atomic E-state index is 0.0625. The van der Waals surface area contributed by atoms with Gasteiger partial charge in [0.15, 0.2) is 0 Å². The third kappa shape index (κ3) is 4.34. The Morgan fingerprint density at radius 1 is 1.03 bits per heavy atom. The number of anilines is 1. The number of sulfonamides is 1. The molecule has 4 rings (SSSR count). The van der Waals surface area contributed by atoms with Crippen molar-refractivity contribution in [2.24, 2.45) is 0 Å². The van der Waals surface area contributed by atoms with Crippen LogP contribution < -0.4 is 14.4 Å².